The first-order chi connectivity index (χ1) is 10.1. The number of aliphatic carboxylic acids is 1. The molecule has 114 valence electrons. The van der Waals surface area contributed by atoms with Crippen LogP contribution < -0.4 is 5.32 Å². The van der Waals surface area contributed by atoms with Crippen LogP contribution in [0.15, 0.2) is 24.3 Å². The number of hydrogen-bond acceptors (Lipinski definition) is 2. The number of benzene rings is 1. The fourth-order valence-corrected chi connectivity index (χ4v) is 2.99. The van der Waals surface area contributed by atoms with Crippen LogP contribution in [0.5, 0.6) is 0 Å². The van der Waals surface area contributed by atoms with E-state index < -0.39 is 11.9 Å². The van der Waals surface area contributed by atoms with Gasteiger partial charge in [-0.2, -0.15) is 0 Å². The molecule has 0 radical (unpaired) electrons. The van der Waals surface area contributed by atoms with Gasteiger partial charge in [-0.1, -0.05) is 43.4 Å². The number of carbonyl (C=O) groups excluding carboxylic acids is 1. The molecule has 0 saturated heterocycles. The Kier molecular flexibility index (Phi) is 5.37. The van der Waals surface area contributed by atoms with E-state index in [2.05, 4.69) is 5.32 Å². The zero-order chi connectivity index (χ0) is 15.2. The van der Waals surface area contributed by atoms with Crippen LogP contribution in [0.3, 0.4) is 0 Å². The number of amides is 1. The second-order valence-electron chi connectivity index (χ2n) is 5.89. The van der Waals surface area contributed by atoms with Gasteiger partial charge in [0, 0.05) is 11.6 Å². The Hall–Kier alpha value is -1.84. The molecule has 0 bridgehead atoms. The Labute approximate surface area is 125 Å². The third-order valence-corrected chi connectivity index (χ3v) is 4.18. The lowest BCUT2D eigenvalue weighted by Gasteiger charge is -2.27. The monoisotopic (exact) mass is 289 g/mol. The van der Waals surface area contributed by atoms with E-state index in [4.69, 9.17) is 0 Å². The fourth-order valence-electron chi connectivity index (χ4n) is 2.99. The van der Waals surface area contributed by atoms with Gasteiger partial charge < -0.3 is 10.4 Å². The Morgan fingerprint density at radius 1 is 1.14 bits per heavy atom. The second kappa shape index (κ2) is 7.25. The minimum atomic E-state index is -0.800. The normalized spacial score (nSPS) is 22.9. The maximum absolute atomic E-state index is 12.3. The molecular formula is C17H23NO3. The number of carboxylic acids is 1. The van der Waals surface area contributed by atoms with Crippen molar-refractivity contribution in [2.24, 2.45) is 5.92 Å². The van der Waals surface area contributed by atoms with Crippen LogP contribution in [0.2, 0.25) is 0 Å². The Morgan fingerprint density at radius 2 is 1.86 bits per heavy atom. The van der Waals surface area contributed by atoms with Gasteiger partial charge >= 0.3 is 5.97 Å². The summed E-state index contributed by atoms with van der Waals surface area (Å²) in [6.45, 7) is 1.94. The highest BCUT2D eigenvalue weighted by atomic mass is 16.4. The lowest BCUT2D eigenvalue weighted by atomic mass is 9.86. The van der Waals surface area contributed by atoms with Crippen LogP contribution in [-0.2, 0) is 4.79 Å². The van der Waals surface area contributed by atoms with Crippen LogP contribution in [0, 0.1) is 12.8 Å². The summed E-state index contributed by atoms with van der Waals surface area (Å²) in [4.78, 5) is 23.8. The molecule has 2 atom stereocenters. The van der Waals surface area contributed by atoms with Crippen molar-refractivity contribution >= 4 is 11.9 Å². The predicted molar refractivity (Wildman–Crippen MR) is 81.3 cm³/mol. The van der Waals surface area contributed by atoms with Crippen LogP contribution in [0.1, 0.15) is 54.4 Å². The first kappa shape index (κ1) is 15.5. The second-order valence-corrected chi connectivity index (χ2v) is 5.89. The molecule has 1 amide bonds. The van der Waals surface area contributed by atoms with E-state index in [0.717, 1.165) is 37.7 Å². The molecule has 1 aromatic carbocycles. The van der Waals surface area contributed by atoms with Gasteiger partial charge in [-0.05, 0) is 31.9 Å². The predicted octanol–water partition coefficient (Wildman–Crippen LogP) is 3.15. The van der Waals surface area contributed by atoms with Gasteiger partial charge in [-0.25, -0.2) is 0 Å². The topological polar surface area (TPSA) is 66.4 Å². The molecule has 1 aromatic rings. The average Bonchev–Trinajstić information content (AvgIpc) is 2.41. The molecule has 0 heterocycles. The Morgan fingerprint density at radius 3 is 2.52 bits per heavy atom. The van der Waals surface area contributed by atoms with Crippen molar-refractivity contribution in [3.05, 3.63) is 35.4 Å². The van der Waals surface area contributed by atoms with Gasteiger partial charge in [-0.15, -0.1) is 0 Å². The highest BCUT2D eigenvalue weighted by molar-refractivity contribution is 5.94. The number of hydrogen-bond donors (Lipinski definition) is 2. The fraction of sp³-hybridized carbons (Fsp3) is 0.529. The number of carboxylic acid groups (broad SMARTS) is 1. The first-order valence-electron chi connectivity index (χ1n) is 7.68. The molecule has 2 unspecified atom stereocenters. The van der Waals surface area contributed by atoms with Crippen molar-refractivity contribution in [1.82, 2.24) is 5.32 Å². The van der Waals surface area contributed by atoms with Crippen molar-refractivity contribution in [2.75, 3.05) is 0 Å². The first-order valence-corrected chi connectivity index (χ1v) is 7.68. The third kappa shape index (κ3) is 4.31. The highest BCUT2D eigenvalue weighted by Gasteiger charge is 2.30. The lowest BCUT2D eigenvalue weighted by molar-refractivity contribution is -0.143. The largest absolute Gasteiger partial charge is 0.481 e. The number of carbonyl (C=O) groups is 2. The summed E-state index contributed by atoms with van der Waals surface area (Å²) in [5.74, 6) is -1.44. The number of nitrogens with one attached hydrogen (secondary N) is 1. The number of rotatable bonds is 3. The van der Waals surface area contributed by atoms with Crippen molar-refractivity contribution in [3.63, 3.8) is 0 Å². The molecule has 21 heavy (non-hydrogen) atoms. The molecule has 2 N–H and O–H groups in total. The van der Waals surface area contributed by atoms with E-state index in [9.17, 15) is 14.7 Å². The van der Waals surface area contributed by atoms with Gasteiger partial charge in [0.05, 0.1) is 5.92 Å². The SMILES string of the molecule is Cc1cccc(C(=O)NC2CCCCCCC2C(=O)O)c1. The minimum absolute atomic E-state index is 0.171. The van der Waals surface area contributed by atoms with Crippen LogP contribution in [-0.4, -0.2) is 23.0 Å². The number of aryl methyl sites for hydroxylation is 1. The van der Waals surface area contributed by atoms with E-state index in [1.165, 1.54) is 0 Å². The van der Waals surface area contributed by atoms with Crippen LogP contribution in [0.4, 0.5) is 0 Å². The van der Waals surface area contributed by atoms with Crippen LogP contribution in [0.25, 0.3) is 0 Å². The van der Waals surface area contributed by atoms with Gasteiger partial charge in [0.2, 0.25) is 0 Å². The molecule has 1 fully saturated rings. The quantitative estimate of drug-likeness (QED) is 0.898. The van der Waals surface area contributed by atoms with E-state index in [1.807, 2.05) is 25.1 Å². The van der Waals surface area contributed by atoms with Crippen molar-refractivity contribution in [3.8, 4) is 0 Å². The molecule has 4 heteroatoms. The molecule has 1 aliphatic rings. The van der Waals surface area contributed by atoms with E-state index in [-0.39, 0.29) is 11.9 Å². The minimum Gasteiger partial charge on any atom is -0.481 e. The van der Waals surface area contributed by atoms with Crippen molar-refractivity contribution in [2.45, 2.75) is 51.5 Å². The smallest absolute Gasteiger partial charge is 0.308 e. The summed E-state index contributed by atoms with van der Waals surface area (Å²) < 4.78 is 0. The van der Waals surface area contributed by atoms with E-state index >= 15 is 0 Å². The van der Waals surface area contributed by atoms with E-state index in [1.54, 1.807) is 6.07 Å². The Bertz CT molecular complexity index is 513. The average molecular weight is 289 g/mol. The van der Waals surface area contributed by atoms with Gasteiger partial charge in [0.1, 0.15) is 0 Å². The van der Waals surface area contributed by atoms with Gasteiger partial charge in [0.25, 0.3) is 5.91 Å². The lowest BCUT2D eigenvalue weighted by Crippen LogP contribution is -2.43. The molecule has 0 aliphatic heterocycles. The van der Waals surface area contributed by atoms with Gasteiger partial charge in [-0.3, -0.25) is 9.59 Å². The summed E-state index contributed by atoms with van der Waals surface area (Å²) in [7, 11) is 0. The maximum Gasteiger partial charge on any atom is 0.308 e. The highest BCUT2D eigenvalue weighted by Crippen LogP contribution is 2.23. The summed E-state index contributed by atoms with van der Waals surface area (Å²) in [6.07, 6.45) is 5.49. The van der Waals surface area contributed by atoms with Crippen molar-refractivity contribution in [1.29, 1.82) is 0 Å². The molecule has 1 aliphatic carbocycles. The van der Waals surface area contributed by atoms with Crippen molar-refractivity contribution < 1.29 is 14.7 Å². The summed E-state index contributed by atoms with van der Waals surface area (Å²) in [6, 6.07) is 7.11. The van der Waals surface area contributed by atoms with E-state index in [0.29, 0.717) is 12.0 Å². The summed E-state index contributed by atoms with van der Waals surface area (Å²) in [5.41, 5.74) is 1.62. The maximum atomic E-state index is 12.3. The zero-order valence-electron chi connectivity index (χ0n) is 12.5. The summed E-state index contributed by atoms with van der Waals surface area (Å²) in [5, 5.41) is 12.3. The zero-order valence-corrected chi connectivity index (χ0v) is 12.5. The third-order valence-electron chi connectivity index (χ3n) is 4.18. The van der Waals surface area contributed by atoms with Crippen LogP contribution >= 0.6 is 0 Å². The standard InChI is InChI=1S/C17H23NO3/c1-12-7-6-8-13(11-12)16(19)18-15-10-5-3-2-4-9-14(15)17(20)21/h6-8,11,14-15H,2-5,9-10H2,1H3,(H,18,19)(H,20,21). The molecule has 2 rings (SSSR count). The molecular weight excluding hydrogens is 266 g/mol. The molecule has 1 saturated carbocycles. The van der Waals surface area contributed by atoms with Gasteiger partial charge in [0.15, 0.2) is 0 Å². The molecule has 0 aromatic heterocycles. The molecule has 0 spiro atoms. The Balaban J connectivity index is 2.09. The summed E-state index contributed by atoms with van der Waals surface area (Å²) >= 11 is 0. The molecule has 4 nitrogen and oxygen atoms in total.